The third-order valence-electron chi connectivity index (χ3n) is 2.86. The molecule has 2 aromatic carbocycles. The van der Waals surface area contributed by atoms with Gasteiger partial charge in [-0.15, -0.1) is 0 Å². The standard InChI is InChI=1S/C13H9BrS/c14-15-11-6-5-10-7-9-3-1-2-4-12(9)13(10)8-11/h1-6,8H,7H2. The molecule has 2 heteroatoms. The maximum absolute atomic E-state index is 3.42. The van der Waals surface area contributed by atoms with Crippen LogP contribution in [0.3, 0.4) is 0 Å². The fraction of sp³-hybridized carbons (Fsp3) is 0.0769. The first-order valence-corrected chi connectivity index (χ1v) is 7.54. The van der Waals surface area contributed by atoms with Crippen LogP contribution >= 0.6 is 25.0 Å². The average molecular weight is 277 g/mol. The molecular weight excluding hydrogens is 268 g/mol. The molecule has 0 saturated carbocycles. The molecule has 0 spiro atoms. The van der Waals surface area contributed by atoms with E-state index in [1.165, 1.54) is 27.1 Å². The lowest BCUT2D eigenvalue weighted by atomic mass is 10.1. The minimum atomic E-state index is 1.08. The van der Waals surface area contributed by atoms with Gasteiger partial charge in [0.25, 0.3) is 0 Å². The third kappa shape index (κ3) is 1.52. The van der Waals surface area contributed by atoms with Crippen LogP contribution in [0.25, 0.3) is 11.1 Å². The zero-order chi connectivity index (χ0) is 10.3. The number of halogens is 1. The fourth-order valence-corrected chi connectivity index (χ4v) is 3.04. The normalized spacial score (nSPS) is 12.3. The molecule has 0 heterocycles. The highest BCUT2D eigenvalue weighted by atomic mass is 79.9. The van der Waals surface area contributed by atoms with Crippen molar-refractivity contribution in [3.05, 3.63) is 53.6 Å². The van der Waals surface area contributed by atoms with E-state index in [2.05, 4.69) is 57.3 Å². The molecule has 0 saturated heterocycles. The van der Waals surface area contributed by atoms with Crippen LogP contribution < -0.4 is 0 Å². The molecule has 0 radical (unpaired) electrons. The Morgan fingerprint density at radius 2 is 1.73 bits per heavy atom. The van der Waals surface area contributed by atoms with Crippen molar-refractivity contribution >= 4 is 25.0 Å². The Morgan fingerprint density at radius 1 is 0.933 bits per heavy atom. The van der Waals surface area contributed by atoms with Crippen molar-refractivity contribution in [2.45, 2.75) is 11.3 Å². The van der Waals surface area contributed by atoms with Crippen LogP contribution in [0.4, 0.5) is 0 Å². The van der Waals surface area contributed by atoms with Crippen molar-refractivity contribution in [1.29, 1.82) is 0 Å². The molecule has 15 heavy (non-hydrogen) atoms. The van der Waals surface area contributed by atoms with Gasteiger partial charge in [0.05, 0.1) is 0 Å². The predicted octanol–water partition coefficient (Wildman–Crippen LogP) is 4.66. The quantitative estimate of drug-likeness (QED) is 0.623. The van der Waals surface area contributed by atoms with E-state index in [1.807, 2.05) is 0 Å². The van der Waals surface area contributed by atoms with Crippen LogP contribution in [0, 0.1) is 0 Å². The monoisotopic (exact) mass is 276 g/mol. The molecule has 0 aromatic heterocycles. The van der Waals surface area contributed by atoms with Gasteiger partial charge in [-0.1, -0.05) is 30.3 Å². The van der Waals surface area contributed by atoms with Crippen LogP contribution in [-0.2, 0) is 6.42 Å². The van der Waals surface area contributed by atoms with Gasteiger partial charge in [-0.2, -0.15) is 0 Å². The van der Waals surface area contributed by atoms with E-state index in [4.69, 9.17) is 0 Å². The zero-order valence-corrected chi connectivity index (χ0v) is 10.4. The highest BCUT2D eigenvalue weighted by Crippen LogP contribution is 2.39. The summed E-state index contributed by atoms with van der Waals surface area (Å²) in [5.74, 6) is 0. The van der Waals surface area contributed by atoms with Crippen molar-refractivity contribution in [2.75, 3.05) is 0 Å². The molecule has 74 valence electrons. The molecule has 3 rings (SSSR count). The molecule has 0 nitrogen and oxygen atoms in total. The molecular formula is C13H9BrS. The van der Waals surface area contributed by atoms with E-state index in [1.54, 1.807) is 10.2 Å². The molecule has 0 bridgehead atoms. The first kappa shape index (κ1) is 9.49. The molecule has 1 aliphatic carbocycles. The first-order valence-electron chi connectivity index (χ1n) is 4.88. The molecule has 0 aliphatic heterocycles. The molecule has 0 unspecified atom stereocenters. The molecule has 0 N–H and O–H groups in total. The van der Waals surface area contributed by atoms with E-state index in [9.17, 15) is 0 Å². The van der Waals surface area contributed by atoms with Crippen molar-refractivity contribution in [2.24, 2.45) is 0 Å². The van der Waals surface area contributed by atoms with Gasteiger partial charge in [-0.3, -0.25) is 0 Å². The Balaban J connectivity index is 2.22. The van der Waals surface area contributed by atoms with Crippen LogP contribution in [0.2, 0.25) is 0 Å². The molecule has 0 fully saturated rings. The lowest BCUT2D eigenvalue weighted by Gasteiger charge is -2.02. The van der Waals surface area contributed by atoms with E-state index >= 15 is 0 Å². The summed E-state index contributed by atoms with van der Waals surface area (Å²) in [6, 6.07) is 15.3. The second-order valence-corrected chi connectivity index (χ2v) is 5.33. The summed E-state index contributed by atoms with van der Waals surface area (Å²) in [5, 5.41) is 0. The number of hydrogen-bond acceptors (Lipinski definition) is 1. The van der Waals surface area contributed by atoms with Gasteiger partial charge in [0.2, 0.25) is 0 Å². The topological polar surface area (TPSA) is 0 Å². The molecule has 1 aliphatic rings. The largest absolute Gasteiger partial charge is 0.0619 e. The van der Waals surface area contributed by atoms with Crippen molar-refractivity contribution in [3.63, 3.8) is 0 Å². The maximum Gasteiger partial charge on any atom is 0.0194 e. The second-order valence-electron chi connectivity index (χ2n) is 3.73. The van der Waals surface area contributed by atoms with Crippen molar-refractivity contribution < 1.29 is 0 Å². The summed E-state index contributed by atoms with van der Waals surface area (Å²) in [6.45, 7) is 0. The summed E-state index contributed by atoms with van der Waals surface area (Å²) < 4.78 is 0. The van der Waals surface area contributed by atoms with E-state index in [-0.39, 0.29) is 0 Å². The molecule has 2 aromatic rings. The lowest BCUT2D eigenvalue weighted by molar-refractivity contribution is 1.25. The van der Waals surface area contributed by atoms with Crippen LogP contribution in [-0.4, -0.2) is 0 Å². The van der Waals surface area contributed by atoms with Gasteiger partial charge in [0.15, 0.2) is 0 Å². The van der Waals surface area contributed by atoms with Gasteiger partial charge >= 0.3 is 0 Å². The number of benzene rings is 2. The van der Waals surface area contributed by atoms with E-state index in [0.717, 1.165) is 6.42 Å². The highest BCUT2D eigenvalue weighted by molar-refractivity contribution is 9.50. The van der Waals surface area contributed by atoms with Gasteiger partial charge in [0, 0.05) is 4.90 Å². The lowest BCUT2D eigenvalue weighted by Crippen LogP contribution is -1.79. The third-order valence-corrected chi connectivity index (χ3v) is 4.41. The summed E-state index contributed by atoms with van der Waals surface area (Å²) in [4.78, 5) is 1.27. The van der Waals surface area contributed by atoms with Gasteiger partial charge in [0.1, 0.15) is 0 Å². The summed E-state index contributed by atoms with van der Waals surface area (Å²) in [5.41, 5.74) is 5.69. The predicted molar refractivity (Wildman–Crippen MR) is 69.5 cm³/mol. The highest BCUT2D eigenvalue weighted by Gasteiger charge is 2.17. The maximum atomic E-state index is 3.42. The van der Waals surface area contributed by atoms with E-state index < -0.39 is 0 Å². The SMILES string of the molecule is BrSc1ccc2c(c1)-c1ccccc1C2. The minimum absolute atomic E-state index is 1.08. The Bertz CT molecular complexity index is 520. The van der Waals surface area contributed by atoms with Crippen LogP contribution in [0.15, 0.2) is 47.4 Å². The molecule has 0 atom stereocenters. The average Bonchev–Trinajstić information content (AvgIpc) is 2.66. The van der Waals surface area contributed by atoms with Gasteiger partial charge < -0.3 is 0 Å². The number of rotatable bonds is 1. The number of hydrogen-bond donors (Lipinski definition) is 0. The van der Waals surface area contributed by atoms with Crippen molar-refractivity contribution in [1.82, 2.24) is 0 Å². The summed E-state index contributed by atoms with van der Waals surface area (Å²) in [7, 11) is 1.62. The van der Waals surface area contributed by atoms with Crippen LogP contribution in [0.5, 0.6) is 0 Å². The Kier molecular flexibility index (Phi) is 2.33. The van der Waals surface area contributed by atoms with Gasteiger partial charge in [-0.25, -0.2) is 0 Å². The fourth-order valence-electron chi connectivity index (χ4n) is 2.15. The zero-order valence-electron chi connectivity index (χ0n) is 8.03. The summed E-state index contributed by atoms with van der Waals surface area (Å²) >= 11 is 3.42. The summed E-state index contributed by atoms with van der Waals surface area (Å²) in [6.07, 6.45) is 1.08. The Hall–Kier alpha value is -0.730. The molecule has 0 amide bonds. The smallest absolute Gasteiger partial charge is 0.0194 e. The Morgan fingerprint density at radius 3 is 2.60 bits per heavy atom. The Labute approximate surface area is 101 Å². The number of fused-ring (bicyclic) bond motifs is 3. The first-order chi connectivity index (χ1) is 7.38. The second kappa shape index (κ2) is 3.69. The van der Waals surface area contributed by atoms with Crippen molar-refractivity contribution in [3.8, 4) is 11.1 Å². The van der Waals surface area contributed by atoms with Crippen LogP contribution in [0.1, 0.15) is 11.1 Å². The van der Waals surface area contributed by atoms with E-state index in [0.29, 0.717) is 0 Å². The minimum Gasteiger partial charge on any atom is -0.0619 e. The van der Waals surface area contributed by atoms with Gasteiger partial charge in [-0.05, 0) is 65.8 Å².